The van der Waals surface area contributed by atoms with Crippen LogP contribution in [-0.4, -0.2) is 26.4 Å². The quantitative estimate of drug-likeness (QED) is 0.489. The fraction of sp³-hybridized carbons (Fsp3) is 0.211. The highest BCUT2D eigenvalue weighted by Gasteiger charge is 2.13. The lowest BCUT2D eigenvalue weighted by Gasteiger charge is -2.09. The maximum Gasteiger partial charge on any atom is 0.234 e. The third kappa shape index (κ3) is 5.27. The minimum atomic E-state index is -0.104. The number of halogens is 2. The van der Waals surface area contributed by atoms with E-state index in [1.807, 2.05) is 44.3 Å². The number of aryl methyl sites for hydroxylation is 1. The van der Waals surface area contributed by atoms with Crippen molar-refractivity contribution in [2.24, 2.45) is 7.05 Å². The number of rotatable bonds is 7. The van der Waals surface area contributed by atoms with Crippen LogP contribution in [0.15, 0.2) is 52.1 Å². The fourth-order valence-corrected chi connectivity index (χ4v) is 3.78. The highest BCUT2D eigenvalue weighted by atomic mass is 79.9. The van der Waals surface area contributed by atoms with Crippen molar-refractivity contribution in [1.29, 1.82) is 0 Å². The molecular formula is C19H18BrClN4O2S. The van der Waals surface area contributed by atoms with Crippen molar-refractivity contribution in [2.45, 2.75) is 18.7 Å². The SMILES string of the molecule is Cc1cc(Br)ccc1NC(=O)CSc1nnc(COc2ccccc2Cl)n1C. The maximum absolute atomic E-state index is 12.2. The molecule has 146 valence electrons. The summed E-state index contributed by atoms with van der Waals surface area (Å²) in [5, 5.41) is 12.4. The molecule has 2 aromatic carbocycles. The molecule has 3 aromatic rings. The van der Waals surface area contributed by atoms with Crippen LogP contribution >= 0.6 is 39.3 Å². The number of hydrogen-bond acceptors (Lipinski definition) is 5. The Labute approximate surface area is 180 Å². The van der Waals surface area contributed by atoms with E-state index < -0.39 is 0 Å². The Morgan fingerprint density at radius 1 is 1.29 bits per heavy atom. The summed E-state index contributed by atoms with van der Waals surface area (Å²) in [6.07, 6.45) is 0. The molecule has 0 atom stereocenters. The van der Waals surface area contributed by atoms with Crippen LogP contribution in [0, 0.1) is 6.92 Å². The monoisotopic (exact) mass is 480 g/mol. The average Bonchev–Trinajstić information content (AvgIpc) is 3.01. The molecule has 9 heteroatoms. The van der Waals surface area contributed by atoms with Crippen molar-refractivity contribution in [3.63, 3.8) is 0 Å². The van der Waals surface area contributed by atoms with E-state index in [1.165, 1.54) is 11.8 Å². The number of nitrogens with one attached hydrogen (secondary N) is 1. The normalized spacial score (nSPS) is 10.7. The smallest absolute Gasteiger partial charge is 0.234 e. The van der Waals surface area contributed by atoms with Gasteiger partial charge in [0.05, 0.1) is 10.8 Å². The number of carbonyl (C=O) groups excluding carboxylic acids is 1. The summed E-state index contributed by atoms with van der Waals surface area (Å²) in [6.45, 7) is 2.18. The van der Waals surface area contributed by atoms with Gasteiger partial charge in [0.2, 0.25) is 5.91 Å². The zero-order chi connectivity index (χ0) is 20.1. The molecule has 3 rings (SSSR count). The second-order valence-electron chi connectivity index (χ2n) is 5.97. The summed E-state index contributed by atoms with van der Waals surface area (Å²) in [5.41, 5.74) is 1.78. The van der Waals surface area contributed by atoms with Crippen LogP contribution < -0.4 is 10.1 Å². The number of carbonyl (C=O) groups is 1. The maximum atomic E-state index is 12.2. The summed E-state index contributed by atoms with van der Waals surface area (Å²) in [6, 6.07) is 13.0. The molecule has 0 saturated carbocycles. The molecule has 0 saturated heterocycles. The van der Waals surface area contributed by atoms with E-state index in [9.17, 15) is 4.79 Å². The predicted molar refractivity (Wildman–Crippen MR) is 115 cm³/mol. The zero-order valence-corrected chi connectivity index (χ0v) is 18.4. The van der Waals surface area contributed by atoms with E-state index in [0.717, 1.165) is 15.7 Å². The van der Waals surface area contributed by atoms with Crippen molar-refractivity contribution in [3.05, 3.63) is 63.3 Å². The van der Waals surface area contributed by atoms with E-state index in [4.69, 9.17) is 16.3 Å². The van der Waals surface area contributed by atoms with Gasteiger partial charge in [-0.05, 0) is 42.8 Å². The Hall–Kier alpha value is -2.03. The zero-order valence-electron chi connectivity index (χ0n) is 15.3. The first-order valence-electron chi connectivity index (χ1n) is 8.38. The second-order valence-corrected chi connectivity index (χ2v) is 8.24. The number of aromatic nitrogens is 3. The van der Waals surface area contributed by atoms with Gasteiger partial charge in [-0.1, -0.05) is 51.4 Å². The molecule has 1 N–H and O–H groups in total. The van der Waals surface area contributed by atoms with Crippen LogP contribution in [0.3, 0.4) is 0 Å². The van der Waals surface area contributed by atoms with Crippen molar-refractivity contribution in [1.82, 2.24) is 14.8 Å². The fourth-order valence-electron chi connectivity index (χ4n) is 2.38. The van der Waals surface area contributed by atoms with Crippen LogP contribution in [0.1, 0.15) is 11.4 Å². The molecule has 0 unspecified atom stereocenters. The molecule has 0 aliphatic heterocycles. The molecule has 1 amide bonds. The van der Waals surface area contributed by atoms with Gasteiger partial charge in [0.15, 0.2) is 11.0 Å². The molecule has 1 heterocycles. The number of amides is 1. The van der Waals surface area contributed by atoms with E-state index in [2.05, 4.69) is 31.4 Å². The van der Waals surface area contributed by atoms with Crippen LogP contribution in [0.2, 0.25) is 5.02 Å². The Bertz CT molecular complexity index is 996. The van der Waals surface area contributed by atoms with Crippen LogP contribution in [0.5, 0.6) is 5.75 Å². The Morgan fingerprint density at radius 3 is 2.82 bits per heavy atom. The van der Waals surface area contributed by atoms with Gasteiger partial charge in [-0.15, -0.1) is 10.2 Å². The van der Waals surface area contributed by atoms with Crippen LogP contribution in [0.4, 0.5) is 5.69 Å². The number of hydrogen-bond donors (Lipinski definition) is 1. The lowest BCUT2D eigenvalue weighted by molar-refractivity contribution is -0.113. The van der Waals surface area contributed by atoms with Crippen molar-refractivity contribution in [2.75, 3.05) is 11.1 Å². The number of benzene rings is 2. The summed E-state index contributed by atoms with van der Waals surface area (Å²) in [5.74, 6) is 1.36. The van der Waals surface area contributed by atoms with Gasteiger partial charge in [-0.3, -0.25) is 4.79 Å². The van der Waals surface area contributed by atoms with E-state index in [1.54, 1.807) is 16.7 Å². The molecule has 0 fully saturated rings. The van der Waals surface area contributed by atoms with E-state index in [0.29, 0.717) is 21.8 Å². The summed E-state index contributed by atoms with van der Waals surface area (Å²) in [4.78, 5) is 12.2. The predicted octanol–water partition coefficient (Wildman–Crippen LogP) is 4.85. The summed E-state index contributed by atoms with van der Waals surface area (Å²) in [7, 11) is 1.84. The number of ether oxygens (including phenoxy) is 1. The first-order chi connectivity index (χ1) is 13.4. The molecule has 0 aliphatic rings. The number of nitrogens with zero attached hydrogens (tertiary/aromatic N) is 3. The van der Waals surface area contributed by atoms with Gasteiger partial charge in [-0.25, -0.2) is 0 Å². The average molecular weight is 482 g/mol. The second kappa shape index (κ2) is 9.45. The molecule has 1 aromatic heterocycles. The van der Waals surface area contributed by atoms with Crippen LogP contribution in [-0.2, 0) is 18.4 Å². The van der Waals surface area contributed by atoms with E-state index in [-0.39, 0.29) is 18.3 Å². The van der Waals surface area contributed by atoms with Gasteiger partial charge >= 0.3 is 0 Å². The van der Waals surface area contributed by atoms with E-state index >= 15 is 0 Å². The van der Waals surface area contributed by atoms with Gasteiger partial charge in [0.25, 0.3) is 0 Å². The topological polar surface area (TPSA) is 69.0 Å². The van der Waals surface area contributed by atoms with Gasteiger partial charge in [-0.2, -0.15) is 0 Å². The number of thioether (sulfide) groups is 1. The molecule has 0 bridgehead atoms. The Morgan fingerprint density at radius 2 is 2.07 bits per heavy atom. The standard InChI is InChI=1S/C19H18BrClN4O2S/c1-12-9-13(20)7-8-15(12)22-18(26)11-28-19-24-23-17(25(19)2)10-27-16-6-4-3-5-14(16)21/h3-9H,10-11H2,1-2H3,(H,22,26). The lowest BCUT2D eigenvalue weighted by Crippen LogP contribution is -2.15. The van der Waals surface area contributed by atoms with Gasteiger partial charge in [0.1, 0.15) is 12.4 Å². The number of para-hydroxylation sites is 1. The largest absolute Gasteiger partial charge is 0.484 e. The third-order valence-corrected chi connectivity index (χ3v) is 5.74. The minimum absolute atomic E-state index is 0.104. The Kier molecular flexibility index (Phi) is 6.98. The van der Waals surface area contributed by atoms with Crippen molar-refractivity contribution >= 4 is 50.9 Å². The Balaban J connectivity index is 1.55. The van der Waals surface area contributed by atoms with Gasteiger partial charge in [0, 0.05) is 17.2 Å². The minimum Gasteiger partial charge on any atom is -0.484 e. The highest BCUT2D eigenvalue weighted by Crippen LogP contribution is 2.25. The lowest BCUT2D eigenvalue weighted by atomic mass is 10.2. The molecule has 0 spiro atoms. The van der Waals surface area contributed by atoms with Crippen LogP contribution in [0.25, 0.3) is 0 Å². The van der Waals surface area contributed by atoms with Crippen molar-refractivity contribution in [3.8, 4) is 5.75 Å². The number of anilines is 1. The molecule has 0 aliphatic carbocycles. The molecule has 28 heavy (non-hydrogen) atoms. The highest BCUT2D eigenvalue weighted by molar-refractivity contribution is 9.10. The van der Waals surface area contributed by atoms with Crippen molar-refractivity contribution < 1.29 is 9.53 Å². The summed E-state index contributed by atoms with van der Waals surface area (Å²) < 4.78 is 8.48. The molecular weight excluding hydrogens is 464 g/mol. The molecule has 6 nitrogen and oxygen atoms in total. The third-order valence-electron chi connectivity index (χ3n) is 3.91. The first kappa shape index (κ1) is 20.7. The first-order valence-corrected chi connectivity index (χ1v) is 10.5. The molecule has 0 radical (unpaired) electrons. The summed E-state index contributed by atoms with van der Waals surface area (Å²) >= 11 is 10.8. The van der Waals surface area contributed by atoms with Gasteiger partial charge < -0.3 is 14.6 Å².